The maximum Gasteiger partial charge on any atom is 0.242 e. The van der Waals surface area contributed by atoms with Crippen LogP contribution in [0.15, 0.2) is 54.6 Å². The molecule has 0 heterocycles. The van der Waals surface area contributed by atoms with Gasteiger partial charge in [-0.2, -0.15) is 0 Å². The lowest BCUT2D eigenvalue weighted by Crippen LogP contribution is -2.49. The van der Waals surface area contributed by atoms with Crippen molar-refractivity contribution in [3.8, 4) is 11.5 Å². The first kappa shape index (κ1) is 24.3. The summed E-state index contributed by atoms with van der Waals surface area (Å²) >= 11 is 0. The molecule has 0 aliphatic carbocycles. The highest BCUT2D eigenvalue weighted by atomic mass is 16.5. The van der Waals surface area contributed by atoms with E-state index in [1.54, 1.807) is 12.0 Å². The monoisotopic (exact) mass is 426 g/mol. The van der Waals surface area contributed by atoms with E-state index in [0.29, 0.717) is 39.0 Å². The molecule has 6 heteroatoms. The van der Waals surface area contributed by atoms with E-state index in [1.165, 1.54) is 0 Å². The van der Waals surface area contributed by atoms with E-state index >= 15 is 0 Å². The Labute approximate surface area is 185 Å². The molecule has 0 aliphatic rings. The Bertz CT molecular complexity index is 793. The number of ether oxygens (including phenoxy) is 2. The van der Waals surface area contributed by atoms with Crippen LogP contribution >= 0.6 is 0 Å². The van der Waals surface area contributed by atoms with E-state index in [-0.39, 0.29) is 11.8 Å². The molecule has 31 heavy (non-hydrogen) atoms. The molecule has 1 atom stereocenters. The summed E-state index contributed by atoms with van der Waals surface area (Å²) in [6.07, 6.45) is 2.32. The first-order valence-corrected chi connectivity index (χ1v) is 11.0. The third-order valence-corrected chi connectivity index (χ3v) is 4.99. The fourth-order valence-corrected chi connectivity index (χ4v) is 3.29. The van der Waals surface area contributed by atoms with E-state index in [1.807, 2.05) is 68.4 Å². The van der Waals surface area contributed by atoms with Crippen molar-refractivity contribution in [2.45, 2.75) is 52.1 Å². The van der Waals surface area contributed by atoms with Crippen LogP contribution in [0.5, 0.6) is 11.5 Å². The molecule has 0 fully saturated rings. The molecular formula is C25H34N2O4. The molecule has 0 spiro atoms. The van der Waals surface area contributed by atoms with Crippen LogP contribution in [-0.2, 0) is 16.1 Å². The van der Waals surface area contributed by atoms with Crippen molar-refractivity contribution >= 4 is 11.8 Å². The Morgan fingerprint density at radius 3 is 2.29 bits per heavy atom. The van der Waals surface area contributed by atoms with Crippen molar-refractivity contribution in [3.63, 3.8) is 0 Å². The van der Waals surface area contributed by atoms with Crippen molar-refractivity contribution in [1.29, 1.82) is 0 Å². The van der Waals surface area contributed by atoms with Gasteiger partial charge in [-0.15, -0.1) is 0 Å². The highest BCUT2D eigenvalue weighted by Gasteiger charge is 2.28. The van der Waals surface area contributed by atoms with Crippen LogP contribution in [0.4, 0.5) is 0 Å². The molecule has 2 aromatic carbocycles. The number of nitrogens with one attached hydrogen (secondary N) is 1. The Balaban J connectivity index is 1.98. The molecule has 2 rings (SSSR count). The van der Waals surface area contributed by atoms with Crippen molar-refractivity contribution in [1.82, 2.24) is 10.2 Å². The van der Waals surface area contributed by atoms with Gasteiger partial charge in [0.1, 0.15) is 17.5 Å². The quantitative estimate of drug-likeness (QED) is 0.488. The molecule has 0 saturated carbocycles. The molecule has 0 aromatic heterocycles. The second-order valence-electron chi connectivity index (χ2n) is 7.35. The summed E-state index contributed by atoms with van der Waals surface area (Å²) in [4.78, 5) is 27.5. The van der Waals surface area contributed by atoms with Gasteiger partial charge in [-0.05, 0) is 49.1 Å². The zero-order valence-corrected chi connectivity index (χ0v) is 18.8. The lowest BCUT2D eigenvalue weighted by molar-refractivity contribution is -0.141. The fraction of sp³-hybridized carbons (Fsp3) is 0.440. The number of carbonyl (C=O) groups is 2. The Kier molecular flexibility index (Phi) is 10.4. The lowest BCUT2D eigenvalue weighted by Gasteiger charge is -2.30. The van der Waals surface area contributed by atoms with E-state index in [9.17, 15) is 9.59 Å². The first-order chi connectivity index (χ1) is 15.1. The molecule has 1 N–H and O–H groups in total. The summed E-state index contributed by atoms with van der Waals surface area (Å²) in [6, 6.07) is 16.6. The smallest absolute Gasteiger partial charge is 0.242 e. The Morgan fingerprint density at radius 2 is 1.68 bits per heavy atom. The normalized spacial score (nSPS) is 11.5. The van der Waals surface area contributed by atoms with Crippen LogP contribution in [0, 0.1) is 0 Å². The van der Waals surface area contributed by atoms with Gasteiger partial charge in [-0.3, -0.25) is 9.59 Å². The highest BCUT2D eigenvalue weighted by molar-refractivity contribution is 5.87. The van der Waals surface area contributed by atoms with Gasteiger partial charge < -0.3 is 19.7 Å². The zero-order chi connectivity index (χ0) is 22.5. The van der Waals surface area contributed by atoms with Gasteiger partial charge >= 0.3 is 0 Å². The number of hydrogen-bond acceptors (Lipinski definition) is 4. The number of carbonyl (C=O) groups excluding carboxylic acids is 2. The first-order valence-electron chi connectivity index (χ1n) is 11.0. The van der Waals surface area contributed by atoms with Crippen molar-refractivity contribution in [2.75, 3.05) is 20.3 Å². The lowest BCUT2D eigenvalue weighted by atomic mass is 10.1. The summed E-state index contributed by atoms with van der Waals surface area (Å²) in [5.74, 6) is 1.37. The Hall–Kier alpha value is -3.02. The molecule has 0 radical (unpaired) electrons. The molecule has 6 nitrogen and oxygen atoms in total. The van der Waals surface area contributed by atoms with Crippen molar-refractivity contribution in [2.24, 2.45) is 0 Å². The molecule has 2 aromatic rings. The van der Waals surface area contributed by atoms with Gasteiger partial charge in [0.25, 0.3) is 0 Å². The molecule has 0 unspecified atom stereocenters. The number of nitrogens with zero attached hydrogens (tertiary/aromatic N) is 1. The van der Waals surface area contributed by atoms with Gasteiger partial charge in [0.2, 0.25) is 11.8 Å². The number of amides is 2. The van der Waals surface area contributed by atoms with Gasteiger partial charge in [-0.1, -0.05) is 44.2 Å². The molecule has 0 aliphatic heterocycles. The van der Waals surface area contributed by atoms with Gasteiger partial charge in [-0.25, -0.2) is 0 Å². The largest absolute Gasteiger partial charge is 0.497 e. The molecule has 0 saturated heterocycles. The standard InChI is InChI=1S/C25H34N2O4/c1-4-17-26-25(29)23(5-2)27(19-20-10-7-6-8-11-20)24(28)12-9-18-31-22-15-13-21(30-3)14-16-22/h6-8,10-11,13-16,23H,4-5,9,12,17-19H2,1-3H3,(H,26,29)/t23-/m1/s1. The van der Waals surface area contributed by atoms with Crippen LogP contribution in [0.3, 0.4) is 0 Å². The predicted octanol–water partition coefficient (Wildman–Crippen LogP) is 4.19. The van der Waals surface area contributed by atoms with E-state index in [0.717, 1.165) is 23.5 Å². The number of rotatable bonds is 13. The number of methoxy groups -OCH3 is 1. The third-order valence-electron chi connectivity index (χ3n) is 4.99. The van der Waals surface area contributed by atoms with E-state index in [2.05, 4.69) is 5.32 Å². The minimum absolute atomic E-state index is 0.0410. The minimum Gasteiger partial charge on any atom is -0.497 e. The van der Waals surface area contributed by atoms with E-state index < -0.39 is 6.04 Å². The SMILES string of the molecule is CCCNC(=O)[C@@H](CC)N(Cc1ccccc1)C(=O)CCCOc1ccc(OC)cc1. The highest BCUT2D eigenvalue weighted by Crippen LogP contribution is 2.18. The fourth-order valence-electron chi connectivity index (χ4n) is 3.29. The van der Waals surface area contributed by atoms with Crippen LogP contribution in [0.25, 0.3) is 0 Å². The van der Waals surface area contributed by atoms with Crippen LogP contribution < -0.4 is 14.8 Å². The molecular weight excluding hydrogens is 392 g/mol. The van der Waals surface area contributed by atoms with E-state index in [4.69, 9.17) is 9.47 Å². The van der Waals surface area contributed by atoms with Crippen LogP contribution in [0.2, 0.25) is 0 Å². The van der Waals surface area contributed by atoms with Gasteiger partial charge in [0.05, 0.1) is 13.7 Å². The minimum atomic E-state index is -0.484. The summed E-state index contributed by atoms with van der Waals surface area (Å²) in [6.45, 7) is 5.40. The van der Waals surface area contributed by atoms with Crippen molar-refractivity contribution < 1.29 is 19.1 Å². The topological polar surface area (TPSA) is 67.9 Å². The second-order valence-corrected chi connectivity index (χ2v) is 7.35. The third kappa shape index (κ3) is 7.96. The van der Waals surface area contributed by atoms with Gasteiger partial charge in [0, 0.05) is 19.5 Å². The number of benzene rings is 2. The maximum atomic E-state index is 13.1. The van der Waals surface area contributed by atoms with Crippen LogP contribution in [-0.4, -0.2) is 43.0 Å². The molecule has 0 bridgehead atoms. The summed E-state index contributed by atoms with van der Waals surface area (Å²) in [7, 11) is 1.62. The maximum absolute atomic E-state index is 13.1. The number of hydrogen-bond donors (Lipinski definition) is 1. The Morgan fingerprint density at radius 1 is 1.00 bits per heavy atom. The second kappa shape index (κ2) is 13.3. The molecule has 168 valence electrons. The predicted molar refractivity (Wildman–Crippen MR) is 122 cm³/mol. The molecule has 2 amide bonds. The van der Waals surface area contributed by atoms with Gasteiger partial charge in [0.15, 0.2) is 0 Å². The average Bonchev–Trinajstić information content (AvgIpc) is 2.81. The summed E-state index contributed by atoms with van der Waals surface area (Å²) in [5.41, 5.74) is 1.01. The average molecular weight is 427 g/mol. The van der Waals surface area contributed by atoms with Crippen molar-refractivity contribution in [3.05, 3.63) is 60.2 Å². The summed E-state index contributed by atoms with van der Waals surface area (Å²) < 4.78 is 10.9. The zero-order valence-electron chi connectivity index (χ0n) is 18.8. The summed E-state index contributed by atoms with van der Waals surface area (Å²) in [5, 5.41) is 2.93. The van der Waals surface area contributed by atoms with Crippen LogP contribution in [0.1, 0.15) is 45.1 Å².